The first-order valence-electron chi connectivity index (χ1n) is 10.2. The summed E-state index contributed by atoms with van der Waals surface area (Å²) < 4.78 is 10.8. The lowest BCUT2D eigenvalue weighted by atomic mass is 9.96. The highest BCUT2D eigenvalue weighted by atomic mass is 16.5. The highest BCUT2D eigenvalue weighted by Crippen LogP contribution is 2.35. The third-order valence-corrected chi connectivity index (χ3v) is 5.40. The van der Waals surface area contributed by atoms with Crippen LogP contribution in [0.4, 0.5) is 5.69 Å². The number of methoxy groups -OCH3 is 2. The number of nitrogens with zero attached hydrogens (tertiary/aromatic N) is 1. The zero-order chi connectivity index (χ0) is 20.8. The summed E-state index contributed by atoms with van der Waals surface area (Å²) in [4.78, 5) is 27.8. The molecule has 1 aliphatic heterocycles. The van der Waals surface area contributed by atoms with Crippen molar-refractivity contribution in [3.8, 4) is 11.5 Å². The van der Waals surface area contributed by atoms with Gasteiger partial charge in [-0.3, -0.25) is 9.59 Å². The predicted octanol–water partition coefficient (Wildman–Crippen LogP) is 4.48. The second-order valence-corrected chi connectivity index (χ2v) is 8.07. The first kappa shape index (κ1) is 22.1. The Balaban J connectivity index is 2.39. The van der Waals surface area contributed by atoms with Crippen LogP contribution in [0.2, 0.25) is 0 Å². The molecule has 28 heavy (non-hydrogen) atoms. The van der Waals surface area contributed by atoms with Gasteiger partial charge in [0.25, 0.3) is 5.91 Å². The Morgan fingerprint density at radius 3 is 2.21 bits per heavy atom. The summed E-state index contributed by atoms with van der Waals surface area (Å²) in [6.45, 7) is 8.32. The largest absolute Gasteiger partial charge is 0.493 e. The number of nitrogens with one attached hydrogen (secondary N) is 1. The zero-order valence-corrected chi connectivity index (χ0v) is 18.0. The number of amides is 2. The maximum Gasteiger partial charge on any atom is 0.256 e. The highest BCUT2D eigenvalue weighted by molar-refractivity contribution is 6.05. The van der Waals surface area contributed by atoms with Crippen molar-refractivity contribution in [3.63, 3.8) is 0 Å². The van der Waals surface area contributed by atoms with Gasteiger partial charge in [-0.15, -0.1) is 0 Å². The van der Waals surface area contributed by atoms with E-state index in [1.165, 1.54) is 0 Å². The number of anilines is 1. The molecule has 6 heteroatoms. The molecule has 0 spiro atoms. The summed E-state index contributed by atoms with van der Waals surface area (Å²) >= 11 is 0. The Morgan fingerprint density at radius 2 is 1.68 bits per heavy atom. The Labute approximate surface area is 168 Å². The SMILES string of the molecule is COc1cc(NC(=O)CCC(C)C)c(C(=O)N2C(C)CCCC2C)cc1OC. The maximum atomic E-state index is 13.4. The number of likely N-dealkylation sites (tertiary alicyclic amines) is 1. The molecule has 1 heterocycles. The molecule has 0 radical (unpaired) electrons. The van der Waals surface area contributed by atoms with Crippen molar-refractivity contribution in [2.45, 2.75) is 71.9 Å². The van der Waals surface area contributed by atoms with Crippen LogP contribution in [0.15, 0.2) is 12.1 Å². The average molecular weight is 391 g/mol. The standard InChI is InChI=1S/C22H34N2O4/c1-14(2)10-11-21(25)23-18-13-20(28-6)19(27-5)12-17(18)22(26)24-15(3)8-7-9-16(24)4/h12-16H,7-11H2,1-6H3,(H,23,25). The molecule has 2 atom stereocenters. The minimum Gasteiger partial charge on any atom is -0.493 e. The molecule has 1 aromatic carbocycles. The van der Waals surface area contributed by atoms with Gasteiger partial charge in [0, 0.05) is 24.6 Å². The first-order chi connectivity index (χ1) is 13.3. The molecule has 2 rings (SSSR count). The van der Waals surface area contributed by atoms with Gasteiger partial charge in [0.05, 0.1) is 25.5 Å². The number of rotatable bonds is 7. The van der Waals surface area contributed by atoms with Crippen molar-refractivity contribution in [2.75, 3.05) is 19.5 Å². The summed E-state index contributed by atoms with van der Waals surface area (Å²) in [7, 11) is 3.08. The van der Waals surface area contributed by atoms with Crippen LogP contribution in [-0.4, -0.2) is 43.0 Å². The van der Waals surface area contributed by atoms with Gasteiger partial charge >= 0.3 is 0 Å². The Bertz CT molecular complexity index is 692. The van der Waals surface area contributed by atoms with Crippen molar-refractivity contribution in [1.82, 2.24) is 4.90 Å². The van der Waals surface area contributed by atoms with E-state index in [-0.39, 0.29) is 23.9 Å². The van der Waals surface area contributed by atoms with Gasteiger partial charge < -0.3 is 19.7 Å². The van der Waals surface area contributed by atoms with Crippen LogP contribution < -0.4 is 14.8 Å². The molecule has 1 aromatic rings. The molecule has 2 unspecified atom stereocenters. The van der Waals surface area contributed by atoms with Gasteiger partial charge in [0.15, 0.2) is 11.5 Å². The third kappa shape index (κ3) is 5.18. The third-order valence-electron chi connectivity index (χ3n) is 5.40. The first-order valence-corrected chi connectivity index (χ1v) is 10.2. The second kappa shape index (κ2) is 9.80. The van der Waals surface area contributed by atoms with Crippen LogP contribution in [0.25, 0.3) is 0 Å². The van der Waals surface area contributed by atoms with Crippen LogP contribution >= 0.6 is 0 Å². The Hall–Kier alpha value is -2.24. The van der Waals surface area contributed by atoms with Gasteiger partial charge in [-0.05, 0) is 51.5 Å². The van der Waals surface area contributed by atoms with Crippen molar-refractivity contribution >= 4 is 17.5 Å². The lowest BCUT2D eigenvalue weighted by Gasteiger charge is -2.39. The molecular weight excluding hydrogens is 356 g/mol. The van der Waals surface area contributed by atoms with E-state index in [4.69, 9.17) is 9.47 Å². The van der Waals surface area contributed by atoms with Gasteiger partial charge in [0.2, 0.25) is 5.91 Å². The lowest BCUT2D eigenvalue weighted by Crippen LogP contribution is -2.47. The second-order valence-electron chi connectivity index (χ2n) is 8.07. The van der Waals surface area contributed by atoms with Crippen LogP contribution in [0, 0.1) is 5.92 Å². The molecule has 0 bridgehead atoms. The number of carbonyl (C=O) groups is 2. The van der Waals surface area contributed by atoms with E-state index in [1.54, 1.807) is 26.4 Å². The summed E-state index contributed by atoms with van der Waals surface area (Å²) in [6, 6.07) is 3.67. The van der Waals surface area contributed by atoms with Crippen molar-refractivity contribution < 1.29 is 19.1 Å². The fraction of sp³-hybridized carbons (Fsp3) is 0.636. The fourth-order valence-corrected chi connectivity index (χ4v) is 3.75. The molecule has 1 aliphatic rings. The van der Waals surface area contributed by atoms with E-state index in [1.807, 2.05) is 4.90 Å². The molecule has 0 aliphatic carbocycles. The maximum absolute atomic E-state index is 13.4. The van der Waals surface area contributed by atoms with Crippen molar-refractivity contribution in [2.24, 2.45) is 5.92 Å². The lowest BCUT2D eigenvalue weighted by molar-refractivity contribution is -0.116. The quantitative estimate of drug-likeness (QED) is 0.745. The monoisotopic (exact) mass is 390 g/mol. The van der Waals surface area contributed by atoms with E-state index < -0.39 is 0 Å². The minimum atomic E-state index is -0.102. The molecule has 1 N–H and O–H groups in total. The zero-order valence-electron chi connectivity index (χ0n) is 18.0. The van der Waals surface area contributed by atoms with Gasteiger partial charge in [-0.2, -0.15) is 0 Å². The summed E-state index contributed by atoms with van der Waals surface area (Å²) in [5.41, 5.74) is 0.914. The van der Waals surface area contributed by atoms with Crippen molar-refractivity contribution in [3.05, 3.63) is 17.7 Å². The molecular formula is C22H34N2O4. The normalized spacial score (nSPS) is 19.5. The van der Waals surface area contributed by atoms with Crippen LogP contribution in [-0.2, 0) is 4.79 Å². The van der Waals surface area contributed by atoms with Gasteiger partial charge in [0.1, 0.15) is 0 Å². The molecule has 6 nitrogen and oxygen atoms in total. The summed E-state index contributed by atoms with van der Waals surface area (Å²) in [5.74, 6) is 1.21. The highest BCUT2D eigenvalue weighted by Gasteiger charge is 2.32. The predicted molar refractivity (Wildman–Crippen MR) is 111 cm³/mol. The van der Waals surface area contributed by atoms with Crippen molar-refractivity contribution in [1.29, 1.82) is 0 Å². The number of carbonyl (C=O) groups excluding carboxylic acids is 2. The molecule has 1 saturated heterocycles. The minimum absolute atomic E-state index is 0.0835. The number of benzene rings is 1. The molecule has 0 aromatic heterocycles. The molecule has 0 saturated carbocycles. The molecule has 1 fully saturated rings. The Morgan fingerprint density at radius 1 is 1.11 bits per heavy atom. The number of hydrogen-bond acceptors (Lipinski definition) is 4. The number of piperidine rings is 1. The molecule has 156 valence electrons. The van der Waals surface area contributed by atoms with Gasteiger partial charge in [-0.1, -0.05) is 13.8 Å². The Kier molecular flexibility index (Phi) is 7.72. The van der Waals surface area contributed by atoms with E-state index in [0.717, 1.165) is 25.7 Å². The number of hydrogen-bond donors (Lipinski definition) is 1. The number of ether oxygens (including phenoxy) is 2. The van der Waals surface area contributed by atoms with E-state index in [9.17, 15) is 9.59 Å². The fourth-order valence-electron chi connectivity index (χ4n) is 3.75. The van der Waals surface area contributed by atoms with E-state index >= 15 is 0 Å². The van der Waals surface area contributed by atoms with Crippen LogP contribution in [0.3, 0.4) is 0 Å². The van der Waals surface area contributed by atoms with E-state index in [2.05, 4.69) is 33.0 Å². The topological polar surface area (TPSA) is 67.9 Å². The summed E-state index contributed by atoms with van der Waals surface area (Å²) in [6.07, 6.45) is 4.30. The summed E-state index contributed by atoms with van der Waals surface area (Å²) in [5, 5.41) is 2.92. The van der Waals surface area contributed by atoms with Crippen LogP contribution in [0.5, 0.6) is 11.5 Å². The van der Waals surface area contributed by atoms with Crippen LogP contribution in [0.1, 0.15) is 70.2 Å². The van der Waals surface area contributed by atoms with E-state index in [0.29, 0.717) is 35.1 Å². The smallest absolute Gasteiger partial charge is 0.256 e. The van der Waals surface area contributed by atoms with Gasteiger partial charge in [-0.25, -0.2) is 0 Å². The average Bonchev–Trinajstić information content (AvgIpc) is 2.65. The molecule has 2 amide bonds.